The van der Waals surface area contributed by atoms with Gasteiger partial charge in [0, 0.05) is 11.7 Å². The van der Waals surface area contributed by atoms with Crippen LogP contribution in [0.4, 0.5) is 10.1 Å². The van der Waals surface area contributed by atoms with Gasteiger partial charge in [-0.3, -0.25) is 4.79 Å². The molecule has 9 heteroatoms. The summed E-state index contributed by atoms with van der Waals surface area (Å²) in [6.07, 6.45) is -0.520. The highest BCUT2D eigenvalue weighted by molar-refractivity contribution is 7.99. The number of nitrogens with zero attached hydrogens (tertiary/aromatic N) is 3. The molecule has 1 unspecified atom stereocenters. The van der Waals surface area contributed by atoms with Gasteiger partial charge in [0.05, 0.1) is 12.4 Å². The third kappa shape index (κ3) is 6.00. The molecule has 3 aromatic rings. The number of nitrogens with one attached hydrogen (secondary N) is 1. The smallest absolute Gasteiger partial charge is 0.234 e. The van der Waals surface area contributed by atoms with Gasteiger partial charge in [-0.25, -0.2) is 4.39 Å². The minimum Gasteiger partial charge on any atom is -0.494 e. The first-order valence-corrected chi connectivity index (χ1v) is 11.4. The van der Waals surface area contributed by atoms with E-state index in [9.17, 15) is 9.18 Å². The first-order chi connectivity index (χ1) is 15.4. The Morgan fingerprint density at radius 2 is 1.84 bits per heavy atom. The molecule has 0 aliphatic rings. The molecule has 2 aromatic carbocycles. The van der Waals surface area contributed by atoms with Crippen molar-refractivity contribution in [3.8, 4) is 11.5 Å². The zero-order chi connectivity index (χ0) is 23.1. The first kappa shape index (κ1) is 23.6. The standard InChI is InChI=1S/C23H27FN4O3S/c1-5-30-18-12-10-17(11-13-18)25-21(29)14-32-23-27-26-22(28(23)15(2)3)16(4)31-20-9-7-6-8-19(20)24/h6-13,15-16H,5,14H2,1-4H3,(H,25,29). The Morgan fingerprint density at radius 1 is 1.12 bits per heavy atom. The summed E-state index contributed by atoms with van der Waals surface area (Å²) in [7, 11) is 0. The van der Waals surface area contributed by atoms with Gasteiger partial charge in [-0.2, -0.15) is 0 Å². The summed E-state index contributed by atoms with van der Waals surface area (Å²) in [5.74, 6) is 1.05. The van der Waals surface area contributed by atoms with Gasteiger partial charge in [-0.05, 0) is 64.1 Å². The van der Waals surface area contributed by atoms with Crippen LogP contribution in [-0.4, -0.2) is 33.0 Å². The predicted octanol–water partition coefficient (Wildman–Crippen LogP) is 5.27. The lowest BCUT2D eigenvalue weighted by Crippen LogP contribution is -2.16. The molecular weight excluding hydrogens is 431 g/mol. The number of rotatable bonds is 10. The van der Waals surface area contributed by atoms with Crippen LogP contribution in [0.1, 0.15) is 45.7 Å². The van der Waals surface area contributed by atoms with Crippen molar-refractivity contribution < 1.29 is 18.7 Å². The Hall–Kier alpha value is -3.07. The van der Waals surface area contributed by atoms with E-state index in [4.69, 9.17) is 9.47 Å². The van der Waals surface area contributed by atoms with Crippen LogP contribution in [-0.2, 0) is 4.79 Å². The monoisotopic (exact) mass is 458 g/mol. The Kier molecular flexibility index (Phi) is 8.10. The molecule has 0 fully saturated rings. The van der Waals surface area contributed by atoms with Crippen molar-refractivity contribution in [2.24, 2.45) is 0 Å². The summed E-state index contributed by atoms with van der Waals surface area (Å²) < 4.78 is 27.0. The highest BCUT2D eigenvalue weighted by Gasteiger charge is 2.22. The minimum atomic E-state index is -0.520. The van der Waals surface area contributed by atoms with Crippen LogP contribution < -0.4 is 14.8 Å². The summed E-state index contributed by atoms with van der Waals surface area (Å²) >= 11 is 1.28. The van der Waals surface area contributed by atoms with E-state index in [1.54, 1.807) is 37.3 Å². The van der Waals surface area contributed by atoms with E-state index in [-0.39, 0.29) is 23.5 Å². The molecule has 1 N–H and O–H groups in total. The third-order valence-electron chi connectivity index (χ3n) is 4.49. The van der Waals surface area contributed by atoms with Crippen LogP contribution in [0.25, 0.3) is 0 Å². The zero-order valence-corrected chi connectivity index (χ0v) is 19.4. The topological polar surface area (TPSA) is 78.3 Å². The number of aromatic nitrogens is 3. The van der Waals surface area contributed by atoms with Crippen molar-refractivity contribution >= 4 is 23.4 Å². The molecule has 0 radical (unpaired) electrons. The number of halogens is 1. The van der Waals surface area contributed by atoms with Crippen LogP contribution in [0, 0.1) is 5.82 Å². The lowest BCUT2D eigenvalue weighted by atomic mass is 10.3. The number of amides is 1. The fraction of sp³-hybridized carbons (Fsp3) is 0.348. The van der Waals surface area contributed by atoms with Gasteiger partial charge < -0.3 is 19.4 Å². The summed E-state index contributed by atoms with van der Waals surface area (Å²) in [5.41, 5.74) is 0.692. The van der Waals surface area contributed by atoms with Gasteiger partial charge in [0.25, 0.3) is 0 Å². The Bertz CT molecular complexity index is 1040. The molecule has 3 rings (SSSR count). The van der Waals surface area contributed by atoms with E-state index in [0.29, 0.717) is 23.3 Å². The third-order valence-corrected chi connectivity index (χ3v) is 5.44. The zero-order valence-electron chi connectivity index (χ0n) is 18.5. The highest BCUT2D eigenvalue weighted by atomic mass is 32.2. The molecule has 0 aliphatic heterocycles. The quantitative estimate of drug-likeness (QED) is 0.417. The van der Waals surface area contributed by atoms with Crippen molar-refractivity contribution in [1.29, 1.82) is 0 Å². The van der Waals surface area contributed by atoms with Crippen LogP contribution >= 0.6 is 11.8 Å². The molecule has 1 atom stereocenters. The Balaban J connectivity index is 1.64. The van der Waals surface area contributed by atoms with Crippen molar-refractivity contribution in [1.82, 2.24) is 14.8 Å². The van der Waals surface area contributed by atoms with Gasteiger partial charge in [0.2, 0.25) is 5.91 Å². The summed E-state index contributed by atoms with van der Waals surface area (Å²) in [6.45, 7) is 8.29. The van der Waals surface area contributed by atoms with Crippen molar-refractivity contribution in [3.05, 3.63) is 60.2 Å². The van der Waals surface area contributed by atoms with Crippen molar-refractivity contribution in [2.45, 2.75) is 45.0 Å². The number of benzene rings is 2. The molecule has 0 aliphatic carbocycles. The van der Waals surface area contributed by atoms with Gasteiger partial charge >= 0.3 is 0 Å². The van der Waals surface area contributed by atoms with Gasteiger partial charge in [0.1, 0.15) is 5.75 Å². The van der Waals surface area contributed by atoms with E-state index < -0.39 is 11.9 Å². The fourth-order valence-electron chi connectivity index (χ4n) is 3.06. The van der Waals surface area contributed by atoms with Crippen LogP contribution in [0.2, 0.25) is 0 Å². The largest absolute Gasteiger partial charge is 0.494 e. The number of thioether (sulfide) groups is 1. The average molecular weight is 459 g/mol. The summed E-state index contributed by atoms with van der Waals surface area (Å²) in [5, 5.41) is 11.9. The summed E-state index contributed by atoms with van der Waals surface area (Å²) in [4.78, 5) is 12.4. The molecule has 0 bridgehead atoms. The summed E-state index contributed by atoms with van der Waals surface area (Å²) in [6, 6.07) is 13.5. The van der Waals surface area contributed by atoms with E-state index >= 15 is 0 Å². The van der Waals surface area contributed by atoms with Crippen molar-refractivity contribution in [2.75, 3.05) is 17.7 Å². The maximum absolute atomic E-state index is 14.0. The van der Waals surface area contributed by atoms with Crippen LogP contribution in [0.5, 0.6) is 11.5 Å². The number of hydrogen-bond acceptors (Lipinski definition) is 6. The van der Waals surface area contributed by atoms with E-state index in [0.717, 1.165) is 5.75 Å². The van der Waals surface area contributed by atoms with Crippen LogP contribution in [0.3, 0.4) is 0 Å². The van der Waals surface area contributed by atoms with Gasteiger partial charge in [-0.15, -0.1) is 10.2 Å². The number of carbonyl (C=O) groups excluding carboxylic acids is 1. The van der Waals surface area contributed by atoms with Gasteiger partial charge in [0.15, 0.2) is 28.7 Å². The molecule has 1 heterocycles. The highest BCUT2D eigenvalue weighted by Crippen LogP contribution is 2.28. The number of para-hydroxylation sites is 1. The second-order valence-corrected chi connectivity index (χ2v) is 8.23. The molecule has 7 nitrogen and oxygen atoms in total. The van der Waals surface area contributed by atoms with E-state index in [2.05, 4.69) is 15.5 Å². The lowest BCUT2D eigenvalue weighted by molar-refractivity contribution is -0.113. The minimum absolute atomic E-state index is 0.0309. The molecule has 0 spiro atoms. The molecule has 1 aromatic heterocycles. The molecule has 32 heavy (non-hydrogen) atoms. The number of anilines is 1. The van der Waals surface area contributed by atoms with Crippen LogP contribution in [0.15, 0.2) is 53.7 Å². The molecule has 0 saturated heterocycles. The molecule has 170 valence electrons. The normalized spacial score (nSPS) is 11.9. The van der Waals surface area contributed by atoms with E-state index in [1.807, 2.05) is 37.5 Å². The molecule has 0 saturated carbocycles. The Labute approximate surface area is 191 Å². The van der Waals surface area contributed by atoms with E-state index in [1.165, 1.54) is 17.8 Å². The Morgan fingerprint density at radius 3 is 2.50 bits per heavy atom. The number of ether oxygens (including phenoxy) is 2. The molecular formula is C23H27FN4O3S. The maximum Gasteiger partial charge on any atom is 0.234 e. The second-order valence-electron chi connectivity index (χ2n) is 7.29. The predicted molar refractivity (Wildman–Crippen MR) is 123 cm³/mol. The molecule has 1 amide bonds. The maximum atomic E-state index is 14.0. The average Bonchev–Trinajstić information content (AvgIpc) is 3.20. The van der Waals surface area contributed by atoms with Gasteiger partial charge in [-0.1, -0.05) is 23.9 Å². The lowest BCUT2D eigenvalue weighted by Gasteiger charge is -2.19. The second kappa shape index (κ2) is 11.0. The van der Waals surface area contributed by atoms with Crippen molar-refractivity contribution in [3.63, 3.8) is 0 Å². The number of carbonyl (C=O) groups is 1. The number of hydrogen-bond donors (Lipinski definition) is 1. The SMILES string of the molecule is CCOc1ccc(NC(=O)CSc2nnc(C(C)Oc3ccccc3F)n2C(C)C)cc1. The fourth-order valence-corrected chi connectivity index (χ4v) is 3.94. The first-order valence-electron chi connectivity index (χ1n) is 10.4.